The molecule has 0 radical (unpaired) electrons. The normalized spacial score (nSPS) is 20.8. The molecule has 1 atom stereocenters. The lowest BCUT2D eigenvalue weighted by Gasteiger charge is -2.36. The van der Waals surface area contributed by atoms with Gasteiger partial charge in [0.2, 0.25) is 5.91 Å². The van der Waals surface area contributed by atoms with Crippen LogP contribution in [0, 0.1) is 19.8 Å². The molecule has 3 heterocycles. The zero-order chi connectivity index (χ0) is 21.6. The summed E-state index contributed by atoms with van der Waals surface area (Å²) in [6.45, 7) is 11.9. The summed E-state index contributed by atoms with van der Waals surface area (Å²) in [7, 11) is 0. The van der Waals surface area contributed by atoms with Gasteiger partial charge in [-0.1, -0.05) is 30.3 Å². The minimum absolute atomic E-state index is 0.341. The van der Waals surface area contributed by atoms with Crippen molar-refractivity contribution in [2.24, 2.45) is 5.92 Å². The topological polar surface area (TPSA) is 39.9 Å². The van der Waals surface area contributed by atoms with Crippen molar-refractivity contribution in [3.05, 3.63) is 59.0 Å². The summed E-state index contributed by atoms with van der Waals surface area (Å²) < 4.78 is 5.87. The molecule has 0 spiro atoms. The van der Waals surface area contributed by atoms with Gasteiger partial charge in [-0.05, 0) is 62.8 Å². The number of hydrogen-bond donors (Lipinski definition) is 0. The molecule has 2 saturated heterocycles. The van der Waals surface area contributed by atoms with Crippen molar-refractivity contribution in [1.29, 1.82) is 0 Å². The Kier molecular flexibility index (Phi) is 7.46. The van der Waals surface area contributed by atoms with Crippen molar-refractivity contribution in [2.45, 2.75) is 52.6 Å². The smallest absolute Gasteiger partial charge is 0.222 e. The van der Waals surface area contributed by atoms with E-state index in [9.17, 15) is 4.79 Å². The molecule has 1 aromatic heterocycles. The Morgan fingerprint density at radius 3 is 2.48 bits per heavy atom. The Morgan fingerprint density at radius 1 is 1.00 bits per heavy atom. The number of piperazine rings is 1. The second-order valence-electron chi connectivity index (χ2n) is 9.38. The fourth-order valence-electron chi connectivity index (χ4n) is 4.96. The van der Waals surface area contributed by atoms with Crippen LogP contribution in [-0.2, 0) is 17.9 Å². The molecule has 1 unspecified atom stereocenters. The lowest BCUT2D eigenvalue weighted by molar-refractivity contribution is -0.133. The first-order valence-corrected chi connectivity index (χ1v) is 11.9. The molecule has 5 heteroatoms. The molecule has 1 amide bonds. The van der Waals surface area contributed by atoms with Crippen LogP contribution < -0.4 is 0 Å². The lowest BCUT2D eigenvalue weighted by Crippen LogP contribution is -2.48. The predicted octanol–water partition coefficient (Wildman–Crippen LogP) is 4.23. The van der Waals surface area contributed by atoms with E-state index in [1.54, 1.807) is 0 Å². The first-order chi connectivity index (χ1) is 15.1. The SMILES string of the molecule is Cc1cc(CN2CCCC(CCC(=O)N3CCN(Cc4ccccc4)CC3)C2)oc1C. The van der Waals surface area contributed by atoms with Crippen LogP contribution in [0.3, 0.4) is 0 Å². The summed E-state index contributed by atoms with van der Waals surface area (Å²) in [5, 5.41) is 0. The number of furan rings is 1. The van der Waals surface area contributed by atoms with Gasteiger partial charge in [-0.3, -0.25) is 14.6 Å². The molecule has 2 aliphatic rings. The van der Waals surface area contributed by atoms with Crippen molar-refractivity contribution in [3.8, 4) is 0 Å². The highest BCUT2D eigenvalue weighted by Gasteiger charge is 2.25. The summed E-state index contributed by atoms with van der Waals surface area (Å²) in [4.78, 5) is 19.8. The van der Waals surface area contributed by atoms with E-state index in [1.165, 1.54) is 24.0 Å². The van der Waals surface area contributed by atoms with Crippen LogP contribution in [0.4, 0.5) is 0 Å². The molecule has 1 aromatic carbocycles. The highest BCUT2D eigenvalue weighted by molar-refractivity contribution is 5.76. The van der Waals surface area contributed by atoms with Crippen LogP contribution in [0.5, 0.6) is 0 Å². The maximum absolute atomic E-state index is 12.8. The van der Waals surface area contributed by atoms with E-state index in [1.807, 2.05) is 6.92 Å². The maximum atomic E-state index is 12.8. The Bertz CT molecular complexity index is 820. The van der Waals surface area contributed by atoms with Crippen LogP contribution in [0.1, 0.15) is 48.3 Å². The highest BCUT2D eigenvalue weighted by Crippen LogP contribution is 2.24. The van der Waals surface area contributed by atoms with Gasteiger partial charge in [0.25, 0.3) is 0 Å². The number of nitrogens with zero attached hydrogens (tertiary/aromatic N) is 3. The van der Waals surface area contributed by atoms with Crippen LogP contribution in [0.15, 0.2) is 40.8 Å². The van der Waals surface area contributed by atoms with Gasteiger partial charge in [0.15, 0.2) is 0 Å². The highest BCUT2D eigenvalue weighted by atomic mass is 16.3. The predicted molar refractivity (Wildman–Crippen MR) is 124 cm³/mol. The van der Waals surface area contributed by atoms with E-state index in [2.05, 4.69) is 58.0 Å². The third-order valence-corrected chi connectivity index (χ3v) is 6.94. The molecule has 2 aliphatic heterocycles. The van der Waals surface area contributed by atoms with E-state index in [0.717, 1.165) is 70.3 Å². The average Bonchev–Trinajstić information content (AvgIpc) is 3.10. The molecule has 31 heavy (non-hydrogen) atoms. The Labute approximate surface area is 187 Å². The van der Waals surface area contributed by atoms with E-state index in [4.69, 9.17) is 4.42 Å². The number of carbonyl (C=O) groups excluding carboxylic acids is 1. The van der Waals surface area contributed by atoms with Crippen LogP contribution in [-0.4, -0.2) is 59.9 Å². The number of hydrogen-bond acceptors (Lipinski definition) is 4. The molecular weight excluding hydrogens is 386 g/mol. The number of carbonyl (C=O) groups is 1. The number of rotatable bonds is 7. The molecule has 0 aliphatic carbocycles. The summed E-state index contributed by atoms with van der Waals surface area (Å²) in [6, 6.07) is 12.8. The van der Waals surface area contributed by atoms with Crippen LogP contribution in [0.2, 0.25) is 0 Å². The second-order valence-corrected chi connectivity index (χ2v) is 9.38. The molecule has 0 saturated carbocycles. The third kappa shape index (κ3) is 6.20. The molecule has 168 valence electrons. The zero-order valence-electron chi connectivity index (χ0n) is 19.2. The number of piperidine rings is 1. The van der Waals surface area contributed by atoms with Gasteiger partial charge in [-0.2, -0.15) is 0 Å². The molecule has 0 N–H and O–H groups in total. The van der Waals surface area contributed by atoms with Gasteiger partial charge in [0, 0.05) is 45.7 Å². The van der Waals surface area contributed by atoms with Gasteiger partial charge in [-0.15, -0.1) is 0 Å². The average molecular weight is 424 g/mol. The van der Waals surface area contributed by atoms with Crippen molar-refractivity contribution < 1.29 is 9.21 Å². The Balaban J connectivity index is 1.17. The number of likely N-dealkylation sites (tertiary alicyclic amines) is 1. The molecule has 5 nitrogen and oxygen atoms in total. The molecule has 0 bridgehead atoms. The number of benzene rings is 1. The van der Waals surface area contributed by atoms with E-state index < -0.39 is 0 Å². The molecule has 4 rings (SSSR count). The van der Waals surface area contributed by atoms with E-state index >= 15 is 0 Å². The van der Waals surface area contributed by atoms with Crippen molar-refractivity contribution >= 4 is 5.91 Å². The standard InChI is InChI=1S/C26H37N3O2/c1-21-17-25(31-22(21)2)20-28-12-6-9-24(19-28)10-11-26(30)29-15-13-27(14-16-29)18-23-7-4-3-5-8-23/h3-5,7-8,17,24H,6,9-16,18-20H2,1-2H3. The minimum atomic E-state index is 0.341. The van der Waals surface area contributed by atoms with Crippen molar-refractivity contribution in [1.82, 2.24) is 14.7 Å². The lowest BCUT2D eigenvalue weighted by atomic mass is 9.93. The number of amides is 1. The van der Waals surface area contributed by atoms with Crippen LogP contribution in [0.25, 0.3) is 0 Å². The summed E-state index contributed by atoms with van der Waals surface area (Å²) in [6.07, 6.45) is 4.16. The van der Waals surface area contributed by atoms with Crippen molar-refractivity contribution in [2.75, 3.05) is 39.3 Å². The van der Waals surface area contributed by atoms with E-state index in [-0.39, 0.29) is 0 Å². The van der Waals surface area contributed by atoms with Gasteiger partial charge in [0.05, 0.1) is 6.54 Å². The number of aryl methyl sites for hydroxylation is 2. The quantitative estimate of drug-likeness (QED) is 0.668. The molecule has 2 fully saturated rings. The minimum Gasteiger partial charge on any atom is -0.465 e. The van der Waals surface area contributed by atoms with Gasteiger partial charge >= 0.3 is 0 Å². The first kappa shape index (κ1) is 22.1. The Hall–Kier alpha value is -2.11. The monoisotopic (exact) mass is 423 g/mol. The van der Waals surface area contributed by atoms with Crippen LogP contribution >= 0.6 is 0 Å². The molecular formula is C26H37N3O2. The fourth-order valence-corrected chi connectivity index (χ4v) is 4.96. The zero-order valence-corrected chi connectivity index (χ0v) is 19.2. The first-order valence-electron chi connectivity index (χ1n) is 11.9. The van der Waals surface area contributed by atoms with E-state index in [0.29, 0.717) is 18.2 Å². The van der Waals surface area contributed by atoms with Gasteiger partial charge in [-0.25, -0.2) is 0 Å². The molecule has 2 aromatic rings. The summed E-state index contributed by atoms with van der Waals surface area (Å²) >= 11 is 0. The maximum Gasteiger partial charge on any atom is 0.222 e. The van der Waals surface area contributed by atoms with Gasteiger partial charge in [0.1, 0.15) is 11.5 Å². The van der Waals surface area contributed by atoms with Crippen molar-refractivity contribution in [3.63, 3.8) is 0 Å². The Morgan fingerprint density at radius 2 is 1.77 bits per heavy atom. The summed E-state index contributed by atoms with van der Waals surface area (Å²) in [5.74, 6) is 3.06. The summed E-state index contributed by atoms with van der Waals surface area (Å²) in [5.41, 5.74) is 2.59. The van der Waals surface area contributed by atoms with Gasteiger partial charge < -0.3 is 9.32 Å². The largest absolute Gasteiger partial charge is 0.465 e. The fraction of sp³-hybridized carbons (Fsp3) is 0.577. The second kappa shape index (κ2) is 10.5. The third-order valence-electron chi connectivity index (χ3n) is 6.94.